The fourth-order valence-corrected chi connectivity index (χ4v) is 4.30. The van der Waals surface area contributed by atoms with Crippen LogP contribution in [0.3, 0.4) is 0 Å². The number of nitrogens with zero attached hydrogens (tertiary/aromatic N) is 1. The molecule has 1 N–H and O–H groups in total. The van der Waals surface area contributed by atoms with Gasteiger partial charge in [0.15, 0.2) is 0 Å². The molecule has 4 rings (SSSR count). The zero-order chi connectivity index (χ0) is 17.1. The monoisotopic (exact) mass is 332 g/mol. The van der Waals surface area contributed by atoms with Crippen molar-refractivity contribution in [3.05, 3.63) is 60.2 Å². The molecule has 1 aliphatic rings. The minimum atomic E-state index is 0.777. The van der Waals surface area contributed by atoms with E-state index in [0.29, 0.717) is 0 Å². The molecule has 0 bridgehead atoms. The predicted molar refractivity (Wildman–Crippen MR) is 107 cm³/mol. The molecule has 1 heterocycles. The number of rotatable bonds is 5. The third-order valence-electron chi connectivity index (χ3n) is 5.79. The number of H-pyrrole nitrogens is 1. The summed E-state index contributed by atoms with van der Waals surface area (Å²) in [5, 5.41) is 1.37. The fourth-order valence-electron chi connectivity index (χ4n) is 4.30. The molecule has 1 aromatic heterocycles. The van der Waals surface area contributed by atoms with Gasteiger partial charge in [-0.15, -0.1) is 0 Å². The minimum Gasteiger partial charge on any atom is -0.354 e. The number of para-hydroxylation sites is 1. The second-order valence-corrected chi connectivity index (χ2v) is 7.41. The van der Waals surface area contributed by atoms with Gasteiger partial charge in [-0.05, 0) is 43.5 Å². The number of aromatic amines is 1. The Bertz CT molecular complexity index is 812. The highest BCUT2D eigenvalue weighted by atomic mass is 15.1. The average molecular weight is 332 g/mol. The van der Waals surface area contributed by atoms with Gasteiger partial charge < -0.3 is 9.88 Å². The van der Waals surface area contributed by atoms with Crippen LogP contribution in [0.2, 0.25) is 0 Å². The van der Waals surface area contributed by atoms with Gasteiger partial charge in [-0.1, -0.05) is 67.8 Å². The van der Waals surface area contributed by atoms with Crippen LogP contribution in [0.15, 0.2) is 54.6 Å². The molecule has 0 amide bonds. The maximum Gasteiger partial charge on any atom is 0.0497 e. The topological polar surface area (TPSA) is 19.0 Å². The van der Waals surface area contributed by atoms with Gasteiger partial charge in [0.05, 0.1) is 0 Å². The highest BCUT2D eigenvalue weighted by Crippen LogP contribution is 2.31. The van der Waals surface area contributed by atoms with E-state index in [1.54, 1.807) is 0 Å². The number of fused-ring (bicyclic) bond motifs is 1. The predicted octanol–water partition coefficient (Wildman–Crippen LogP) is 5.64. The van der Waals surface area contributed by atoms with Crippen LogP contribution in [-0.2, 0) is 6.42 Å². The van der Waals surface area contributed by atoms with Crippen LogP contribution in [0.25, 0.3) is 22.2 Å². The van der Waals surface area contributed by atoms with Crippen molar-refractivity contribution >= 4 is 10.9 Å². The standard InChI is InChI=1S/C23H28N2/c1-25(19-12-6-3-7-13-19)17-16-21-20-14-8-9-15-22(20)24-23(21)18-10-4-2-5-11-18/h2,4-5,8-11,14-15,19,24H,3,6-7,12-13,16-17H2,1H3. The Morgan fingerprint density at radius 1 is 0.920 bits per heavy atom. The van der Waals surface area contributed by atoms with Gasteiger partial charge in [0.25, 0.3) is 0 Å². The molecule has 0 saturated heterocycles. The molecule has 0 radical (unpaired) electrons. The number of hydrogen-bond donors (Lipinski definition) is 1. The summed E-state index contributed by atoms with van der Waals surface area (Å²) in [6.45, 7) is 1.13. The normalized spacial score (nSPS) is 15.9. The number of likely N-dealkylation sites (N-methyl/N-ethyl adjacent to an activating group) is 1. The second kappa shape index (κ2) is 7.45. The van der Waals surface area contributed by atoms with Gasteiger partial charge in [0, 0.05) is 29.2 Å². The maximum absolute atomic E-state index is 3.67. The van der Waals surface area contributed by atoms with E-state index >= 15 is 0 Å². The first-order valence-electron chi connectivity index (χ1n) is 9.68. The first-order chi connectivity index (χ1) is 12.3. The Labute approximate surface area is 150 Å². The molecular formula is C23H28N2. The summed E-state index contributed by atoms with van der Waals surface area (Å²) in [5.41, 5.74) is 5.29. The largest absolute Gasteiger partial charge is 0.354 e. The van der Waals surface area contributed by atoms with Gasteiger partial charge >= 0.3 is 0 Å². The van der Waals surface area contributed by atoms with E-state index in [2.05, 4.69) is 71.5 Å². The molecule has 130 valence electrons. The molecule has 0 aliphatic heterocycles. The third kappa shape index (κ3) is 3.50. The van der Waals surface area contributed by atoms with Crippen molar-refractivity contribution in [2.24, 2.45) is 0 Å². The van der Waals surface area contributed by atoms with E-state index in [0.717, 1.165) is 19.0 Å². The van der Waals surface area contributed by atoms with E-state index in [9.17, 15) is 0 Å². The summed E-state index contributed by atoms with van der Waals surface area (Å²) in [5.74, 6) is 0. The lowest BCUT2D eigenvalue weighted by molar-refractivity contribution is 0.194. The van der Waals surface area contributed by atoms with Gasteiger partial charge in [-0.2, -0.15) is 0 Å². The lowest BCUT2D eigenvalue weighted by Gasteiger charge is -2.31. The zero-order valence-electron chi connectivity index (χ0n) is 15.2. The molecule has 25 heavy (non-hydrogen) atoms. The molecular weight excluding hydrogens is 304 g/mol. The number of hydrogen-bond acceptors (Lipinski definition) is 1. The molecule has 1 fully saturated rings. The summed E-state index contributed by atoms with van der Waals surface area (Å²) in [7, 11) is 2.31. The lowest BCUT2D eigenvalue weighted by atomic mass is 9.94. The molecule has 2 heteroatoms. The maximum atomic E-state index is 3.67. The van der Waals surface area contributed by atoms with Crippen molar-refractivity contribution in [1.29, 1.82) is 0 Å². The number of nitrogens with one attached hydrogen (secondary N) is 1. The summed E-state index contributed by atoms with van der Waals surface area (Å²) >= 11 is 0. The Morgan fingerprint density at radius 2 is 1.64 bits per heavy atom. The van der Waals surface area contributed by atoms with Crippen LogP contribution in [0.4, 0.5) is 0 Å². The van der Waals surface area contributed by atoms with Crippen molar-refractivity contribution in [2.45, 2.75) is 44.6 Å². The smallest absolute Gasteiger partial charge is 0.0497 e. The van der Waals surface area contributed by atoms with E-state index in [1.807, 2.05) is 0 Å². The fraction of sp³-hybridized carbons (Fsp3) is 0.391. The van der Waals surface area contributed by atoms with E-state index in [1.165, 1.54) is 59.8 Å². The van der Waals surface area contributed by atoms with Crippen LogP contribution in [0.5, 0.6) is 0 Å². The number of benzene rings is 2. The van der Waals surface area contributed by atoms with Crippen molar-refractivity contribution < 1.29 is 0 Å². The van der Waals surface area contributed by atoms with Crippen LogP contribution >= 0.6 is 0 Å². The first kappa shape index (κ1) is 16.4. The number of aromatic nitrogens is 1. The first-order valence-corrected chi connectivity index (χ1v) is 9.68. The van der Waals surface area contributed by atoms with Crippen LogP contribution < -0.4 is 0 Å². The molecule has 1 saturated carbocycles. The van der Waals surface area contributed by atoms with Crippen molar-refractivity contribution in [1.82, 2.24) is 9.88 Å². The quantitative estimate of drug-likeness (QED) is 0.640. The molecule has 2 nitrogen and oxygen atoms in total. The Morgan fingerprint density at radius 3 is 2.44 bits per heavy atom. The van der Waals surface area contributed by atoms with E-state index in [4.69, 9.17) is 0 Å². The van der Waals surface area contributed by atoms with Gasteiger partial charge in [0.1, 0.15) is 0 Å². The van der Waals surface area contributed by atoms with Gasteiger partial charge in [-0.25, -0.2) is 0 Å². The van der Waals surface area contributed by atoms with Crippen molar-refractivity contribution in [3.63, 3.8) is 0 Å². The van der Waals surface area contributed by atoms with Crippen LogP contribution in [-0.4, -0.2) is 29.5 Å². The van der Waals surface area contributed by atoms with Crippen molar-refractivity contribution in [3.8, 4) is 11.3 Å². The SMILES string of the molecule is CN(CCc1c(-c2ccccc2)[nH]c2ccccc12)C1CCCCC1. The van der Waals surface area contributed by atoms with E-state index in [-0.39, 0.29) is 0 Å². The third-order valence-corrected chi connectivity index (χ3v) is 5.79. The van der Waals surface area contributed by atoms with Gasteiger partial charge in [0.2, 0.25) is 0 Å². The molecule has 3 aromatic rings. The summed E-state index contributed by atoms with van der Waals surface area (Å²) in [4.78, 5) is 6.26. The second-order valence-electron chi connectivity index (χ2n) is 7.41. The Hall–Kier alpha value is -2.06. The van der Waals surface area contributed by atoms with Crippen LogP contribution in [0.1, 0.15) is 37.7 Å². The molecule has 0 spiro atoms. The highest BCUT2D eigenvalue weighted by molar-refractivity contribution is 5.90. The summed E-state index contributed by atoms with van der Waals surface area (Å²) < 4.78 is 0. The Balaban J connectivity index is 1.61. The van der Waals surface area contributed by atoms with Crippen LogP contribution in [0, 0.1) is 0 Å². The molecule has 0 unspecified atom stereocenters. The average Bonchev–Trinajstić information content (AvgIpc) is 3.06. The van der Waals surface area contributed by atoms with E-state index < -0.39 is 0 Å². The molecule has 0 atom stereocenters. The van der Waals surface area contributed by atoms with Gasteiger partial charge in [-0.3, -0.25) is 0 Å². The zero-order valence-corrected chi connectivity index (χ0v) is 15.2. The van der Waals surface area contributed by atoms with Crippen molar-refractivity contribution in [2.75, 3.05) is 13.6 Å². The Kier molecular flexibility index (Phi) is 4.89. The summed E-state index contributed by atoms with van der Waals surface area (Å²) in [6.07, 6.45) is 8.06. The lowest BCUT2D eigenvalue weighted by Crippen LogP contribution is -2.34. The molecule has 1 aliphatic carbocycles. The highest BCUT2D eigenvalue weighted by Gasteiger charge is 2.19. The minimum absolute atomic E-state index is 0.777. The summed E-state index contributed by atoms with van der Waals surface area (Å²) in [6, 6.07) is 20.2. The molecule has 2 aromatic carbocycles.